The largest absolute Gasteiger partial charge is 0.493 e. The molecule has 3 aromatic rings. The van der Waals surface area contributed by atoms with Crippen molar-refractivity contribution in [3.8, 4) is 5.75 Å². The second kappa shape index (κ2) is 10.3. The lowest BCUT2D eigenvalue weighted by molar-refractivity contribution is 0.0919. The van der Waals surface area contributed by atoms with Gasteiger partial charge < -0.3 is 19.4 Å². The van der Waals surface area contributed by atoms with Crippen LogP contribution >= 0.6 is 0 Å². The highest BCUT2D eigenvalue weighted by atomic mass is 19.1. The van der Waals surface area contributed by atoms with Crippen LogP contribution in [0.4, 0.5) is 10.1 Å². The second-order valence-electron chi connectivity index (χ2n) is 7.67. The van der Waals surface area contributed by atoms with Gasteiger partial charge in [-0.1, -0.05) is 12.1 Å². The average molecular weight is 438 g/mol. The first-order chi connectivity index (χ1) is 15.7. The Balaban J connectivity index is 1.42. The highest BCUT2D eigenvalue weighted by Crippen LogP contribution is 2.25. The average Bonchev–Trinajstić information content (AvgIpc) is 3.35. The normalized spacial score (nSPS) is 15.4. The predicted molar refractivity (Wildman–Crippen MR) is 122 cm³/mol. The Kier molecular flexibility index (Phi) is 7.07. The third kappa shape index (κ3) is 5.11. The van der Waals surface area contributed by atoms with Crippen molar-refractivity contribution >= 4 is 11.6 Å². The van der Waals surface area contributed by atoms with E-state index in [9.17, 15) is 9.18 Å². The first-order valence-corrected chi connectivity index (χ1v) is 10.9. The number of carbonyl (C=O) groups is 1. The van der Waals surface area contributed by atoms with E-state index in [-0.39, 0.29) is 17.8 Å². The zero-order valence-corrected chi connectivity index (χ0v) is 18.2. The molecular weight excluding hydrogens is 409 g/mol. The van der Waals surface area contributed by atoms with Crippen LogP contribution in [-0.2, 0) is 0 Å². The fourth-order valence-electron chi connectivity index (χ4n) is 4.05. The van der Waals surface area contributed by atoms with E-state index in [2.05, 4.69) is 15.1 Å². The van der Waals surface area contributed by atoms with Gasteiger partial charge in [0.15, 0.2) is 0 Å². The number of halogens is 1. The minimum Gasteiger partial charge on any atom is -0.493 e. The number of anilines is 1. The van der Waals surface area contributed by atoms with Crippen molar-refractivity contribution in [3.63, 3.8) is 0 Å². The Morgan fingerprint density at radius 1 is 1.06 bits per heavy atom. The van der Waals surface area contributed by atoms with Crippen molar-refractivity contribution in [1.29, 1.82) is 0 Å². The predicted octanol–water partition coefficient (Wildman–Crippen LogP) is 4.11. The zero-order chi connectivity index (χ0) is 22.3. The van der Waals surface area contributed by atoms with E-state index >= 15 is 0 Å². The van der Waals surface area contributed by atoms with Gasteiger partial charge in [-0.05, 0) is 55.5 Å². The fraction of sp³-hybridized carbons (Fsp3) is 0.320. The van der Waals surface area contributed by atoms with Gasteiger partial charge in [0.1, 0.15) is 17.3 Å². The molecule has 1 aliphatic rings. The first kappa shape index (κ1) is 21.9. The number of ether oxygens (including phenoxy) is 1. The Morgan fingerprint density at radius 2 is 1.81 bits per heavy atom. The summed E-state index contributed by atoms with van der Waals surface area (Å²) in [5.41, 5.74) is 1.54. The summed E-state index contributed by atoms with van der Waals surface area (Å²) in [6.45, 7) is 6.03. The van der Waals surface area contributed by atoms with E-state index in [0.717, 1.165) is 37.6 Å². The molecule has 6 nitrogen and oxygen atoms in total. The van der Waals surface area contributed by atoms with Gasteiger partial charge in [-0.3, -0.25) is 9.69 Å². The van der Waals surface area contributed by atoms with Gasteiger partial charge >= 0.3 is 0 Å². The lowest BCUT2D eigenvalue weighted by Crippen LogP contribution is -2.49. The zero-order valence-electron chi connectivity index (χ0n) is 18.2. The smallest absolute Gasteiger partial charge is 0.255 e. The molecule has 0 saturated carbocycles. The van der Waals surface area contributed by atoms with Crippen LogP contribution in [0.3, 0.4) is 0 Å². The third-order valence-corrected chi connectivity index (χ3v) is 5.71. The van der Waals surface area contributed by atoms with Crippen LogP contribution in [0.5, 0.6) is 5.75 Å². The van der Waals surface area contributed by atoms with Crippen LogP contribution in [0.2, 0.25) is 0 Å². The summed E-state index contributed by atoms with van der Waals surface area (Å²) in [4.78, 5) is 17.4. The number of rotatable bonds is 8. The third-order valence-electron chi connectivity index (χ3n) is 5.71. The molecule has 32 heavy (non-hydrogen) atoms. The number of hydrogen-bond donors (Lipinski definition) is 1. The maximum atomic E-state index is 13.2. The number of para-hydroxylation sites is 1. The fourth-order valence-corrected chi connectivity index (χ4v) is 4.05. The number of benzene rings is 2. The van der Waals surface area contributed by atoms with Crippen LogP contribution in [0.1, 0.15) is 29.1 Å². The molecule has 1 amide bonds. The standard InChI is InChI=1S/C25H28FN3O3/c1-2-31-23-7-4-3-6-21(23)25(30)27-18-22(24-8-5-17-32-24)29-15-13-28(14-16-29)20-11-9-19(26)10-12-20/h3-12,17,22H,2,13-16,18H2,1H3,(H,27,30). The van der Waals surface area contributed by atoms with Crippen LogP contribution < -0.4 is 15.0 Å². The molecule has 1 aromatic heterocycles. The van der Waals surface area contributed by atoms with Gasteiger partial charge in [-0.25, -0.2) is 4.39 Å². The lowest BCUT2D eigenvalue weighted by atomic mass is 10.1. The monoisotopic (exact) mass is 437 g/mol. The van der Waals surface area contributed by atoms with Gasteiger partial charge in [0, 0.05) is 38.4 Å². The Morgan fingerprint density at radius 3 is 2.50 bits per heavy atom. The van der Waals surface area contributed by atoms with E-state index in [4.69, 9.17) is 9.15 Å². The van der Waals surface area contributed by atoms with Gasteiger partial charge in [0.05, 0.1) is 24.5 Å². The van der Waals surface area contributed by atoms with Gasteiger partial charge in [-0.2, -0.15) is 0 Å². The van der Waals surface area contributed by atoms with Crippen molar-refractivity contribution < 1.29 is 18.3 Å². The summed E-state index contributed by atoms with van der Waals surface area (Å²) in [6, 6.07) is 17.6. The Bertz CT molecular complexity index is 1000. The molecule has 168 valence electrons. The Hall–Kier alpha value is -3.32. The summed E-state index contributed by atoms with van der Waals surface area (Å²) < 4.78 is 24.5. The quantitative estimate of drug-likeness (QED) is 0.575. The minimum absolute atomic E-state index is 0.0800. The molecule has 1 fully saturated rings. The molecule has 0 radical (unpaired) electrons. The van der Waals surface area contributed by atoms with E-state index in [1.807, 2.05) is 43.3 Å². The molecule has 1 unspecified atom stereocenters. The van der Waals surface area contributed by atoms with E-state index < -0.39 is 0 Å². The molecular formula is C25H28FN3O3. The SMILES string of the molecule is CCOc1ccccc1C(=O)NCC(c1ccco1)N1CCN(c2ccc(F)cc2)CC1. The highest BCUT2D eigenvalue weighted by molar-refractivity contribution is 5.96. The first-order valence-electron chi connectivity index (χ1n) is 10.9. The summed E-state index contributed by atoms with van der Waals surface area (Å²) >= 11 is 0. The van der Waals surface area contributed by atoms with Gasteiger partial charge in [0.25, 0.3) is 5.91 Å². The van der Waals surface area contributed by atoms with Gasteiger partial charge in [-0.15, -0.1) is 0 Å². The number of nitrogens with one attached hydrogen (secondary N) is 1. The van der Waals surface area contributed by atoms with Crippen LogP contribution in [-0.4, -0.2) is 50.1 Å². The lowest BCUT2D eigenvalue weighted by Gasteiger charge is -2.39. The number of carbonyl (C=O) groups excluding carboxylic acids is 1. The van der Waals surface area contributed by atoms with Crippen LogP contribution in [0.15, 0.2) is 71.3 Å². The molecule has 2 aromatic carbocycles. The molecule has 0 bridgehead atoms. The molecule has 4 rings (SSSR count). The minimum atomic E-state index is -0.230. The van der Waals surface area contributed by atoms with Crippen molar-refractivity contribution in [2.75, 3.05) is 44.2 Å². The number of piperazine rings is 1. The molecule has 2 heterocycles. The molecule has 1 aliphatic heterocycles. The number of hydrogen-bond acceptors (Lipinski definition) is 5. The van der Waals surface area contributed by atoms with E-state index in [0.29, 0.717) is 24.5 Å². The van der Waals surface area contributed by atoms with Crippen molar-refractivity contribution in [2.24, 2.45) is 0 Å². The molecule has 1 N–H and O–H groups in total. The summed E-state index contributed by atoms with van der Waals surface area (Å²) in [5, 5.41) is 3.06. The molecule has 1 atom stereocenters. The van der Waals surface area contributed by atoms with E-state index in [1.165, 1.54) is 12.1 Å². The Labute approximate surface area is 187 Å². The molecule has 0 spiro atoms. The number of nitrogens with zero attached hydrogens (tertiary/aromatic N) is 2. The van der Waals surface area contributed by atoms with Crippen molar-refractivity contribution in [3.05, 3.63) is 84.1 Å². The maximum Gasteiger partial charge on any atom is 0.255 e. The second-order valence-corrected chi connectivity index (χ2v) is 7.67. The molecule has 7 heteroatoms. The summed E-state index contributed by atoms with van der Waals surface area (Å²) in [7, 11) is 0. The van der Waals surface area contributed by atoms with Crippen LogP contribution in [0.25, 0.3) is 0 Å². The van der Waals surface area contributed by atoms with Crippen molar-refractivity contribution in [1.82, 2.24) is 10.2 Å². The van der Waals surface area contributed by atoms with E-state index in [1.54, 1.807) is 18.4 Å². The van der Waals surface area contributed by atoms with Gasteiger partial charge in [0.2, 0.25) is 0 Å². The number of amides is 1. The molecule has 1 saturated heterocycles. The van der Waals surface area contributed by atoms with Crippen LogP contribution in [0, 0.1) is 5.82 Å². The molecule has 0 aliphatic carbocycles. The number of furan rings is 1. The summed E-state index contributed by atoms with van der Waals surface area (Å²) in [5.74, 6) is 0.996. The maximum absolute atomic E-state index is 13.2. The highest BCUT2D eigenvalue weighted by Gasteiger charge is 2.28. The van der Waals surface area contributed by atoms with Crippen molar-refractivity contribution in [2.45, 2.75) is 13.0 Å². The topological polar surface area (TPSA) is 58.0 Å². The summed E-state index contributed by atoms with van der Waals surface area (Å²) in [6.07, 6.45) is 1.66.